The molecule has 0 saturated carbocycles. The van der Waals surface area contributed by atoms with Gasteiger partial charge in [-0.15, -0.1) is 12.4 Å². The lowest BCUT2D eigenvalue weighted by Gasteiger charge is -2.30. The summed E-state index contributed by atoms with van der Waals surface area (Å²) in [5.74, 6) is -1.20. The summed E-state index contributed by atoms with van der Waals surface area (Å²) >= 11 is 0. The number of hydrogen-bond acceptors (Lipinski definition) is 3. The van der Waals surface area contributed by atoms with Crippen LogP contribution in [-0.4, -0.2) is 30.4 Å². The highest BCUT2D eigenvalue weighted by Crippen LogP contribution is 2.17. The fraction of sp³-hybridized carbons (Fsp3) is 0.467. The highest BCUT2D eigenvalue weighted by atomic mass is 35.5. The third kappa shape index (κ3) is 4.68. The van der Waals surface area contributed by atoms with Crippen LogP contribution >= 0.6 is 12.4 Å². The van der Waals surface area contributed by atoms with Crippen molar-refractivity contribution < 1.29 is 14.0 Å². The SMILES string of the molecule is CC(=O)Nc1cc(C(=O)NC2CCCNC2C)ccc1F.Cl. The van der Waals surface area contributed by atoms with Gasteiger partial charge >= 0.3 is 0 Å². The zero-order valence-electron chi connectivity index (χ0n) is 12.6. The number of nitrogens with one attached hydrogen (secondary N) is 3. The lowest BCUT2D eigenvalue weighted by Crippen LogP contribution is -2.51. The summed E-state index contributed by atoms with van der Waals surface area (Å²) in [6, 6.07) is 4.21. The van der Waals surface area contributed by atoms with Crippen LogP contribution in [0.2, 0.25) is 0 Å². The third-order valence-electron chi connectivity index (χ3n) is 3.62. The van der Waals surface area contributed by atoms with E-state index in [1.54, 1.807) is 0 Å². The smallest absolute Gasteiger partial charge is 0.251 e. The van der Waals surface area contributed by atoms with Gasteiger partial charge in [0.25, 0.3) is 5.91 Å². The molecule has 0 aliphatic carbocycles. The summed E-state index contributed by atoms with van der Waals surface area (Å²) in [5, 5.41) is 8.63. The van der Waals surface area contributed by atoms with Gasteiger partial charge in [-0.05, 0) is 44.5 Å². The Bertz CT molecular complexity index is 554. The number of carbonyl (C=O) groups excluding carboxylic acids is 2. The van der Waals surface area contributed by atoms with Crippen LogP contribution in [0.15, 0.2) is 18.2 Å². The van der Waals surface area contributed by atoms with Crippen molar-refractivity contribution in [2.24, 2.45) is 0 Å². The van der Waals surface area contributed by atoms with Gasteiger partial charge in [-0.2, -0.15) is 0 Å². The van der Waals surface area contributed by atoms with E-state index in [9.17, 15) is 14.0 Å². The maximum atomic E-state index is 13.6. The zero-order valence-corrected chi connectivity index (χ0v) is 13.4. The van der Waals surface area contributed by atoms with Crippen molar-refractivity contribution in [3.8, 4) is 0 Å². The van der Waals surface area contributed by atoms with Crippen LogP contribution in [0, 0.1) is 5.82 Å². The second-order valence-corrected chi connectivity index (χ2v) is 5.34. The molecule has 1 aromatic carbocycles. The Labute approximate surface area is 135 Å². The molecule has 0 aromatic heterocycles. The molecule has 1 heterocycles. The molecule has 2 rings (SSSR count). The standard InChI is InChI=1S/C15H20FN3O2.ClH/c1-9-13(4-3-7-17-9)19-15(21)11-5-6-12(16)14(8-11)18-10(2)20;/h5-6,8-9,13,17H,3-4,7H2,1-2H3,(H,18,20)(H,19,21);1H. The number of amides is 2. The van der Waals surface area contributed by atoms with Crippen LogP contribution < -0.4 is 16.0 Å². The summed E-state index contributed by atoms with van der Waals surface area (Å²) in [6.45, 7) is 4.27. The molecule has 3 N–H and O–H groups in total. The number of carbonyl (C=O) groups is 2. The van der Waals surface area contributed by atoms with E-state index in [4.69, 9.17) is 0 Å². The Morgan fingerprint density at radius 1 is 1.36 bits per heavy atom. The van der Waals surface area contributed by atoms with Crippen molar-refractivity contribution >= 4 is 29.9 Å². The van der Waals surface area contributed by atoms with Crippen LogP contribution in [0.25, 0.3) is 0 Å². The summed E-state index contributed by atoms with van der Waals surface area (Å²) in [7, 11) is 0. The summed E-state index contributed by atoms with van der Waals surface area (Å²) < 4.78 is 13.6. The Kier molecular flexibility index (Phi) is 6.77. The molecule has 2 atom stereocenters. The molecule has 0 bridgehead atoms. The third-order valence-corrected chi connectivity index (χ3v) is 3.62. The van der Waals surface area contributed by atoms with Gasteiger partial charge in [0, 0.05) is 24.6 Å². The molecule has 22 heavy (non-hydrogen) atoms. The highest BCUT2D eigenvalue weighted by molar-refractivity contribution is 5.97. The fourth-order valence-electron chi connectivity index (χ4n) is 2.44. The van der Waals surface area contributed by atoms with Crippen molar-refractivity contribution in [2.75, 3.05) is 11.9 Å². The average Bonchev–Trinajstić information content (AvgIpc) is 2.43. The molecule has 0 radical (unpaired) electrons. The molecule has 5 nitrogen and oxygen atoms in total. The Hall–Kier alpha value is -1.66. The molecule has 1 aliphatic rings. The number of piperidine rings is 1. The zero-order chi connectivity index (χ0) is 15.4. The summed E-state index contributed by atoms with van der Waals surface area (Å²) in [6.07, 6.45) is 1.93. The molecule has 0 spiro atoms. The molecule has 1 aliphatic heterocycles. The van der Waals surface area contributed by atoms with Gasteiger partial charge < -0.3 is 16.0 Å². The largest absolute Gasteiger partial charge is 0.348 e. The highest BCUT2D eigenvalue weighted by Gasteiger charge is 2.23. The lowest BCUT2D eigenvalue weighted by atomic mass is 9.99. The number of rotatable bonds is 3. The predicted molar refractivity (Wildman–Crippen MR) is 85.9 cm³/mol. The minimum atomic E-state index is -0.561. The molecular weight excluding hydrogens is 309 g/mol. The van der Waals surface area contributed by atoms with E-state index in [2.05, 4.69) is 16.0 Å². The number of halogens is 2. The number of hydrogen-bond donors (Lipinski definition) is 3. The Morgan fingerprint density at radius 2 is 2.09 bits per heavy atom. The monoisotopic (exact) mass is 329 g/mol. The Morgan fingerprint density at radius 3 is 2.73 bits per heavy atom. The lowest BCUT2D eigenvalue weighted by molar-refractivity contribution is -0.114. The average molecular weight is 330 g/mol. The molecule has 1 saturated heterocycles. The minimum Gasteiger partial charge on any atom is -0.348 e. The first-order valence-corrected chi connectivity index (χ1v) is 7.09. The molecule has 2 amide bonds. The predicted octanol–water partition coefficient (Wildman–Crippen LogP) is 2.08. The van der Waals surface area contributed by atoms with Gasteiger partial charge in [-0.25, -0.2) is 4.39 Å². The van der Waals surface area contributed by atoms with Crippen molar-refractivity contribution in [3.05, 3.63) is 29.6 Å². The van der Waals surface area contributed by atoms with Crippen molar-refractivity contribution in [1.29, 1.82) is 0 Å². The van der Waals surface area contributed by atoms with Crippen molar-refractivity contribution in [3.63, 3.8) is 0 Å². The van der Waals surface area contributed by atoms with E-state index < -0.39 is 5.82 Å². The van der Waals surface area contributed by atoms with Crippen LogP contribution in [0.5, 0.6) is 0 Å². The second-order valence-electron chi connectivity index (χ2n) is 5.34. The van der Waals surface area contributed by atoms with E-state index in [1.165, 1.54) is 25.1 Å². The normalized spacial score (nSPS) is 20.7. The van der Waals surface area contributed by atoms with Crippen molar-refractivity contribution in [2.45, 2.75) is 38.8 Å². The molecule has 122 valence electrons. The molecule has 1 fully saturated rings. The van der Waals surface area contributed by atoms with Gasteiger partial charge in [-0.3, -0.25) is 9.59 Å². The van der Waals surface area contributed by atoms with E-state index in [1.807, 2.05) is 6.92 Å². The first kappa shape index (κ1) is 18.4. The van der Waals surface area contributed by atoms with Crippen molar-refractivity contribution in [1.82, 2.24) is 10.6 Å². The van der Waals surface area contributed by atoms with Crippen LogP contribution in [0.4, 0.5) is 10.1 Å². The second kappa shape index (κ2) is 8.10. The topological polar surface area (TPSA) is 70.2 Å². The van der Waals surface area contributed by atoms with Crippen LogP contribution in [0.1, 0.15) is 37.0 Å². The first-order chi connectivity index (χ1) is 9.97. The first-order valence-electron chi connectivity index (χ1n) is 7.09. The molecule has 2 unspecified atom stereocenters. The van der Waals surface area contributed by atoms with E-state index >= 15 is 0 Å². The van der Waals surface area contributed by atoms with Gasteiger partial charge in [-0.1, -0.05) is 0 Å². The molecular formula is C15H21ClFN3O2. The maximum absolute atomic E-state index is 13.6. The van der Waals surface area contributed by atoms with Gasteiger partial charge in [0.2, 0.25) is 5.91 Å². The van der Waals surface area contributed by atoms with E-state index in [0.717, 1.165) is 19.4 Å². The number of benzene rings is 1. The van der Waals surface area contributed by atoms with E-state index in [-0.39, 0.29) is 42.0 Å². The van der Waals surface area contributed by atoms with Gasteiger partial charge in [0.05, 0.1) is 5.69 Å². The van der Waals surface area contributed by atoms with Crippen LogP contribution in [0.3, 0.4) is 0 Å². The minimum absolute atomic E-state index is 0. The van der Waals surface area contributed by atoms with E-state index in [0.29, 0.717) is 5.56 Å². The van der Waals surface area contributed by atoms with Gasteiger partial charge in [0.15, 0.2) is 0 Å². The summed E-state index contributed by atoms with van der Waals surface area (Å²) in [4.78, 5) is 23.3. The van der Waals surface area contributed by atoms with Crippen LogP contribution in [-0.2, 0) is 4.79 Å². The maximum Gasteiger partial charge on any atom is 0.251 e. The summed E-state index contributed by atoms with van der Waals surface area (Å²) in [5.41, 5.74) is 0.350. The Balaban J connectivity index is 0.00000242. The number of anilines is 1. The molecule has 1 aromatic rings. The fourth-order valence-corrected chi connectivity index (χ4v) is 2.44. The quantitative estimate of drug-likeness (QED) is 0.795. The van der Waals surface area contributed by atoms with Gasteiger partial charge in [0.1, 0.15) is 5.82 Å². The molecule has 7 heteroatoms.